The number of ether oxygens (including phenoxy) is 4. The third-order valence-corrected chi connectivity index (χ3v) is 3.94. The standard InChI is InChI=1S/C17H22N2O9/c1-10(21)25-8-14-15(26-11(2)22)16(27-12(3)23)17(24,28-14)19-6-4-5-13(7-19)18-9-20/h4-5,7,9,14-16,24H,6,8H2,1-3H3,(H,18,20)/t14-,15-,16-,17+/m1/s1. The van der Waals surface area contributed by atoms with E-state index >= 15 is 0 Å². The fourth-order valence-corrected chi connectivity index (χ4v) is 2.91. The molecule has 0 bridgehead atoms. The van der Waals surface area contributed by atoms with Crippen molar-refractivity contribution in [3.05, 3.63) is 24.0 Å². The van der Waals surface area contributed by atoms with Gasteiger partial charge in [-0.2, -0.15) is 0 Å². The van der Waals surface area contributed by atoms with Gasteiger partial charge in [-0.1, -0.05) is 6.08 Å². The molecule has 0 unspecified atom stereocenters. The zero-order valence-corrected chi connectivity index (χ0v) is 15.6. The van der Waals surface area contributed by atoms with Gasteiger partial charge in [0.1, 0.15) is 12.7 Å². The summed E-state index contributed by atoms with van der Waals surface area (Å²) in [7, 11) is 0. The number of esters is 3. The summed E-state index contributed by atoms with van der Waals surface area (Å²) >= 11 is 0. The Morgan fingerprint density at radius 1 is 1.29 bits per heavy atom. The molecule has 1 saturated heterocycles. The van der Waals surface area contributed by atoms with Gasteiger partial charge in [0, 0.05) is 33.5 Å². The van der Waals surface area contributed by atoms with Gasteiger partial charge >= 0.3 is 17.9 Å². The normalized spacial score (nSPS) is 28.9. The first-order valence-electron chi connectivity index (χ1n) is 8.40. The Kier molecular flexibility index (Phi) is 6.75. The molecule has 28 heavy (non-hydrogen) atoms. The Balaban J connectivity index is 2.39. The van der Waals surface area contributed by atoms with Crippen molar-refractivity contribution in [1.29, 1.82) is 0 Å². The number of amides is 1. The average molecular weight is 398 g/mol. The van der Waals surface area contributed by atoms with Crippen molar-refractivity contribution in [2.24, 2.45) is 0 Å². The predicted octanol–water partition coefficient (Wildman–Crippen LogP) is -1.08. The lowest BCUT2D eigenvalue weighted by Gasteiger charge is -2.39. The highest BCUT2D eigenvalue weighted by Gasteiger charge is 2.61. The van der Waals surface area contributed by atoms with Crippen LogP contribution in [0.1, 0.15) is 20.8 Å². The van der Waals surface area contributed by atoms with Crippen molar-refractivity contribution in [1.82, 2.24) is 10.2 Å². The minimum absolute atomic E-state index is 0.130. The summed E-state index contributed by atoms with van der Waals surface area (Å²) in [5.74, 6) is -4.32. The molecule has 4 atom stereocenters. The molecular formula is C17H22N2O9. The quantitative estimate of drug-likeness (QED) is 0.309. The van der Waals surface area contributed by atoms with Crippen molar-refractivity contribution >= 4 is 24.3 Å². The highest BCUT2D eigenvalue weighted by molar-refractivity contribution is 5.68. The molecular weight excluding hydrogens is 376 g/mol. The maximum atomic E-state index is 11.6. The molecule has 0 aliphatic carbocycles. The summed E-state index contributed by atoms with van der Waals surface area (Å²) < 4.78 is 21.0. The molecule has 0 aromatic rings. The summed E-state index contributed by atoms with van der Waals surface area (Å²) in [6.07, 6.45) is 1.26. The van der Waals surface area contributed by atoms with Gasteiger partial charge in [0.15, 0.2) is 6.10 Å². The number of aliphatic hydroxyl groups is 1. The zero-order valence-electron chi connectivity index (χ0n) is 15.6. The first kappa shape index (κ1) is 21.4. The Bertz CT molecular complexity index is 705. The van der Waals surface area contributed by atoms with E-state index < -0.39 is 42.1 Å². The second-order valence-electron chi connectivity index (χ2n) is 6.12. The molecule has 11 heteroatoms. The van der Waals surface area contributed by atoms with Crippen molar-refractivity contribution in [2.75, 3.05) is 13.2 Å². The van der Waals surface area contributed by atoms with Gasteiger partial charge in [0.25, 0.3) is 5.91 Å². The number of rotatable bonds is 7. The van der Waals surface area contributed by atoms with Gasteiger partial charge in [-0.05, 0) is 6.08 Å². The molecule has 2 heterocycles. The van der Waals surface area contributed by atoms with Gasteiger partial charge in [-0.25, -0.2) is 0 Å². The van der Waals surface area contributed by atoms with Crippen LogP contribution in [0.15, 0.2) is 24.0 Å². The van der Waals surface area contributed by atoms with Crippen molar-refractivity contribution in [2.45, 2.75) is 45.0 Å². The van der Waals surface area contributed by atoms with Crippen LogP contribution in [-0.4, -0.2) is 71.7 Å². The largest absolute Gasteiger partial charge is 0.463 e. The van der Waals surface area contributed by atoms with E-state index in [0.29, 0.717) is 12.1 Å². The van der Waals surface area contributed by atoms with Gasteiger partial charge in [-0.3, -0.25) is 19.2 Å². The highest BCUT2D eigenvalue weighted by atomic mass is 16.7. The number of allylic oxidation sites excluding steroid dienone is 1. The lowest BCUT2D eigenvalue weighted by molar-refractivity contribution is -0.302. The van der Waals surface area contributed by atoms with Crippen LogP contribution in [0.2, 0.25) is 0 Å². The average Bonchev–Trinajstić information content (AvgIpc) is 2.86. The first-order chi connectivity index (χ1) is 13.2. The molecule has 2 rings (SSSR count). The highest BCUT2D eigenvalue weighted by Crippen LogP contribution is 2.37. The third kappa shape index (κ3) is 4.87. The van der Waals surface area contributed by atoms with Gasteiger partial charge < -0.3 is 34.3 Å². The topological polar surface area (TPSA) is 141 Å². The van der Waals surface area contributed by atoms with Crippen LogP contribution >= 0.6 is 0 Å². The minimum Gasteiger partial charge on any atom is -0.463 e. The second kappa shape index (κ2) is 8.85. The Hall–Kier alpha value is -2.92. The van der Waals surface area contributed by atoms with Gasteiger partial charge in [0.05, 0.1) is 5.70 Å². The molecule has 2 N–H and O–H groups in total. The Labute approximate surface area is 160 Å². The lowest BCUT2D eigenvalue weighted by atomic mass is 10.1. The van der Waals surface area contributed by atoms with E-state index in [1.807, 2.05) is 0 Å². The summed E-state index contributed by atoms with van der Waals surface area (Å²) in [5.41, 5.74) is 0.340. The zero-order chi connectivity index (χ0) is 20.9. The van der Waals surface area contributed by atoms with Crippen LogP contribution in [0.25, 0.3) is 0 Å². The number of nitrogens with zero attached hydrogens (tertiary/aromatic N) is 1. The van der Waals surface area contributed by atoms with E-state index in [-0.39, 0.29) is 13.2 Å². The van der Waals surface area contributed by atoms with Crippen LogP contribution in [0.4, 0.5) is 0 Å². The van der Waals surface area contributed by atoms with Crippen molar-refractivity contribution in [3.8, 4) is 0 Å². The van der Waals surface area contributed by atoms with Crippen LogP contribution in [0, 0.1) is 0 Å². The lowest BCUT2D eigenvalue weighted by Crippen LogP contribution is -2.57. The van der Waals surface area contributed by atoms with E-state index in [9.17, 15) is 24.3 Å². The molecule has 0 radical (unpaired) electrons. The molecule has 0 aromatic carbocycles. The maximum Gasteiger partial charge on any atom is 0.303 e. The Morgan fingerprint density at radius 3 is 2.54 bits per heavy atom. The molecule has 2 aliphatic rings. The number of hydrogen-bond donors (Lipinski definition) is 2. The molecule has 0 spiro atoms. The summed E-state index contributed by atoms with van der Waals surface area (Å²) in [4.78, 5) is 46.3. The molecule has 11 nitrogen and oxygen atoms in total. The van der Waals surface area contributed by atoms with E-state index in [1.54, 1.807) is 12.2 Å². The van der Waals surface area contributed by atoms with E-state index in [4.69, 9.17) is 18.9 Å². The summed E-state index contributed by atoms with van der Waals surface area (Å²) in [5, 5.41) is 13.7. The maximum absolute atomic E-state index is 11.6. The molecule has 1 fully saturated rings. The Morgan fingerprint density at radius 2 is 1.96 bits per heavy atom. The summed E-state index contributed by atoms with van der Waals surface area (Å²) in [6.45, 7) is 3.23. The second-order valence-corrected chi connectivity index (χ2v) is 6.12. The van der Waals surface area contributed by atoms with Crippen LogP contribution in [0.5, 0.6) is 0 Å². The van der Waals surface area contributed by atoms with E-state index in [1.165, 1.54) is 18.0 Å². The van der Waals surface area contributed by atoms with Crippen LogP contribution < -0.4 is 5.32 Å². The number of nitrogens with one attached hydrogen (secondary N) is 1. The predicted molar refractivity (Wildman–Crippen MR) is 90.7 cm³/mol. The fraction of sp³-hybridized carbons (Fsp3) is 0.529. The number of carbonyl (C=O) groups excluding carboxylic acids is 4. The van der Waals surface area contributed by atoms with Gasteiger partial charge in [-0.15, -0.1) is 0 Å². The van der Waals surface area contributed by atoms with Crippen molar-refractivity contribution < 1.29 is 43.2 Å². The number of carbonyl (C=O) groups is 4. The molecule has 0 aromatic heterocycles. The van der Waals surface area contributed by atoms with E-state index in [0.717, 1.165) is 13.8 Å². The van der Waals surface area contributed by atoms with Crippen molar-refractivity contribution in [3.63, 3.8) is 0 Å². The first-order valence-corrected chi connectivity index (χ1v) is 8.40. The minimum atomic E-state index is -2.25. The smallest absolute Gasteiger partial charge is 0.303 e. The van der Waals surface area contributed by atoms with Crippen LogP contribution in [-0.2, 0) is 38.1 Å². The molecule has 2 aliphatic heterocycles. The third-order valence-electron chi connectivity index (χ3n) is 3.94. The van der Waals surface area contributed by atoms with E-state index in [2.05, 4.69) is 5.32 Å². The SMILES string of the molecule is CC(=O)OC[C@H]1O[C@](O)(N2C=C(NC=O)C=CC2)[C@H](OC(C)=O)[C@@H]1OC(C)=O. The summed E-state index contributed by atoms with van der Waals surface area (Å²) in [6, 6.07) is 0. The van der Waals surface area contributed by atoms with Crippen LogP contribution in [0.3, 0.4) is 0 Å². The molecule has 154 valence electrons. The number of hydrogen-bond acceptors (Lipinski definition) is 10. The molecule has 0 saturated carbocycles. The van der Waals surface area contributed by atoms with Gasteiger partial charge in [0.2, 0.25) is 12.5 Å². The monoisotopic (exact) mass is 398 g/mol. The molecule has 1 amide bonds. The fourth-order valence-electron chi connectivity index (χ4n) is 2.91.